The van der Waals surface area contributed by atoms with Gasteiger partial charge < -0.3 is 24.8 Å². The van der Waals surface area contributed by atoms with Crippen molar-refractivity contribution in [1.29, 1.82) is 0 Å². The Bertz CT molecular complexity index is 538. The first kappa shape index (κ1) is 21.8. The molecule has 0 unspecified atom stereocenters. The molecule has 0 aliphatic rings. The standard InChI is InChI=1S/C20H31N3O3/c1-4-14-26-19-9-7-18(8-10-19)11-13-23-20(21-5-2)22-12-6-15-25-17-16-24-3/h1,7-10H,5-6,11-17H2,2-3H3,(H2,21,22,23). The Morgan fingerprint density at radius 3 is 2.65 bits per heavy atom. The minimum Gasteiger partial charge on any atom is -0.481 e. The maximum Gasteiger partial charge on any atom is 0.191 e. The lowest BCUT2D eigenvalue weighted by molar-refractivity contribution is 0.0702. The number of aliphatic imine (C=N–C) groups is 1. The van der Waals surface area contributed by atoms with Crippen LogP contribution in [0.15, 0.2) is 29.3 Å². The molecule has 2 N–H and O–H groups in total. The molecule has 1 aromatic rings. The molecule has 26 heavy (non-hydrogen) atoms. The topological polar surface area (TPSA) is 64.1 Å². The average molecular weight is 361 g/mol. The minimum atomic E-state index is 0.292. The van der Waals surface area contributed by atoms with Gasteiger partial charge in [-0.2, -0.15) is 0 Å². The van der Waals surface area contributed by atoms with Crippen molar-refractivity contribution in [3.63, 3.8) is 0 Å². The highest BCUT2D eigenvalue weighted by Gasteiger charge is 1.99. The highest BCUT2D eigenvalue weighted by atomic mass is 16.5. The van der Waals surface area contributed by atoms with Crippen LogP contribution >= 0.6 is 0 Å². The fourth-order valence-corrected chi connectivity index (χ4v) is 2.15. The van der Waals surface area contributed by atoms with Gasteiger partial charge in [-0.15, -0.1) is 6.42 Å². The first-order valence-corrected chi connectivity index (χ1v) is 9.04. The zero-order valence-electron chi connectivity index (χ0n) is 15.9. The highest BCUT2D eigenvalue weighted by molar-refractivity contribution is 5.79. The summed E-state index contributed by atoms with van der Waals surface area (Å²) in [6.07, 6.45) is 6.97. The molecule has 6 heteroatoms. The Kier molecular flexibility index (Phi) is 12.6. The van der Waals surface area contributed by atoms with Crippen LogP contribution in [0.1, 0.15) is 18.9 Å². The van der Waals surface area contributed by atoms with Crippen molar-refractivity contribution in [3.8, 4) is 18.1 Å². The summed E-state index contributed by atoms with van der Waals surface area (Å²) in [6, 6.07) is 7.98. The van der Waals surface area contributed by atoms with Crippen molar-refractivity contribution < 1.29 is 14.2 Å². The maximum absolute atomic E-state index is 5.43. The molecule has 0 aliphatic heterocycles. The number of guanidine groups is 1. The molecule has 0 spiro atoms. The Hall–Kier alpha value is -2.23. The van der Waals surface area contributed by atoms with Crippen molar-refractivity contribution in [2.75, 3.05) is 53.2 Å². The van der Waals surface area contributed by atoms with E-state index in [9.17, 15) is 0 Å². The van der Waals surface area contributed by atoms with Gasteiger partial charge in [0, 0.05) is 33.4 Å². The molecule has 1 aromatic carbocycles. The second-order valence-electron chi connectivity index (χ2n) is 5.53. The SMILES string of the molecule is C#CCOc1ccc(CCNC(=NCCCOCCOC)NCC)cc1. The molecule has 0 fully saturated rings. The maximum atomic E-state index is 5.43. The predicted octanol–water partition coefficient (Wildman–Crippen LogP) is 1.85. The normalized spacial score (nSPS) is 11.0. The number of terminal acetylenes is 1. The lowest BCUT2D eigenvalue weighted by Crippen LogP contribution is -2.38. The monoisotopic (exact) mass is 361 g/mol. The van der Waals surface area contributed by atoms with Gasteiger partial charge in [0.1, 0.15) is 12.4 Å². The van der Waals surface area contributed by atoms with Crippen molar-refractivity contribution in [2.24, 2.45) is 4.99 Å². The van der Waals surface area contributed by atoms with E-state index < -0.39 is 0 Å². The molecule has 0 heterocycles. The van der Waals surface area contributed by atoms with Gasteiger partial charge in [0.25, 0.3) is 0 Å². The minimum absolute atomic E-state index is 0.292. The van der Waals surface area contributed by atoms with Crippen LogP contribution in [0.2, 0.25) is 0 Å². The van der Waals surface area contributed by atoms with E-state index in [1.807, 2.05) is 12.1 Å². The van der Waals surface area contributed by atoms with Gasteiger partial charge in [-0.05, 0) is 37.5 Å². The first-order valence-electron chi connectivity index (χ1n) is 9.04. The molecule has 144 valence electrons. The fraction of sp³-hybridized carbons (Fsp3) is 0.550. The largest absolute Gasteiger partial charge is 0.481 e. The summed E-state index contributed by atoms with van der Waals surface area (Å²) in [7, 11) is 1.67. The number of ether oxygens (including phenoxy) is 3. The summed E-state index contributed by atoms with van der Waals surface area (Å²) >= 11 is 0. The van der Waals surface area contributed by atoms with Gasteiger partial charge in [-0.25, -0.2) is 0 Å². The number of methoxy groups -OCH3 is 1. The van der Waals surface area contributed by atoms with Crippen LogP contribution < -0.4 is 15.4 Å². The number of rotatable bonds is 13. The molecular weight excluding hydrogens is 330 g/mol. The molecule has 0 saturated carbocycles. The van der Waals surface area contributed by atoms with E-state index in [4.69, 9.17) is 20.6 Å². The van der Waals surface area contributed by atoms with E-state index in [0.29, 0.717) is 26.4 Å². The molecule has 1 rings (SSSR count). The van der Waals surface area contributed by atoms with E-state index in [1.165, 1.54) is 5.56 Å². The zero-order valence-corrected chi connectivity index (χ0v) is 15.9. The predicted molar refractivity (Wildman–Crippen MR) is 106 cm³/mol. The van der Waals surface area contributed by atoms with Crippen LogP contribution in [-0.2, 0) is 15.9 Å². The third-order valence-corrected chi connectivity index (χ3v) is 3.44. The van der Waals surface area contributed by atoms with Crippen LogP contribution in [0.5, 0.6) is 5.75 Å². The van der Waals surface area contributed by atoms with Crippen LogP contribution in [0.4, 0.5) is 0 Å². The number of benzene rings is 1. The second-order valence-corrected chi connectivity index (χ2v) is 5.53. The summed E-state index contributed by atoms with van der Waals surface area (Å²) in [5.41, 5.74) is 1.23. The molecule has 0 aromatic heterocycles. The van der Waals surface area contributed by atoms with Gasteiger partial charge in [-0.3, -0.25) is 4.99 Å². The fourth-order valence-electron chi connectivity index (χ4n) is 2.15. The Balaban J connectivity index is 2.27. The van der Waals surface area contributed by atoms with Gasteiger partial charge in [0.05, 0.1) is 13.2 Å². The molecule has 0 aliphatic carbocycles. The van der Waals surface area contributed by atoms with Gasteiger partial charge >= 0.3 is 0 Å². The number of nitrogens with one attached hydrogen (secondary N) is 2. The lowest BCUT2D eigenvalue weighted by Gasteiger charge is -2.11. The number of hydrogen-bond donors (Lipinski definition) is 2. The van der Waals surface area contributed by atoms with Crippen molar-refractivity contribution >= 4 is 5.96 Å². The molecule has 6 nitrogen and oxygen atoms in total. The third kappa shape index (κ3) is 10.6. The molecular formula is C20H31N3O3. The van der Waals surface area contributed by atoms with E-state index in [1.54, 1.807) is 7.11 Å². The average Bonchev–Trinajstić information content (AvgIpc) is 2.66. The smallest absolute Gasteiger partial charge is 0.191 e. The molecule has 0 amide bonds. The van der Waals surface area contributed by atoms with Crippen molar-refractivity contribution in [1.82, 2.24) is 10.6 Å². The summed E-state index contributed by atoms with van der Waals surface area (Å²) in [4.78, 5) is 4.55. The van der Waals surface area contributed by atoms with Crippen LogP contribution in [-0.4, -0.2) is 59.1 Å². The number of nitrogens with zero attached hydrogens (tertiary/aromatic N) is 1. The van der Waals surface area contributed by atoms with Crippen LogP contribution in [0, 0.1) is 12.3 Å². The Labute approximate surface area is 157 Å². The Morgan fingerprint density at radius 2 is 1.96 bits per heavy atom. The lowest BCUT2D eigenvalue weighted by atomic mass is 10.1. The molecule has 0 saturated heterocycles. The Morgan fingerprint density at radius 1 is 1.15 bits per heavy atom. The van der Waals surface area contributed by atoms with Crippen LogP contribution in [0.25, 0.3) is 0 Å². The third-order valence-electron chi connectivity index (χ3n) is 3.44. The first-order chi connectivity index (χ1) is 12.8. The summed E-state index contributed by atoms with van der Waals surface area (Å²) in [6.45, 7) is 6.67. The van der Waals surface area contributed by atoms with Crippen LogP contribution in [0.3, 0.4) is 0 Å². The van der Waals surface area contributed by atoms with Gasteiger partial charge in [-0.1, -0.05) is 18.1 Å². The summed E-state index contributed by atoms with van der Waals surface area (Å²) in [5.74, 6) is 4.08. The van der Waals surface area contributed by atoms with Crippen molar-refractivity contribution in [3.05, 3.63) is 29.8 Å². The van der Waals surface area contributed by atoms with E-state index in [0.717, 1.165) is 44.2 Å². The number of hydrogen-bond acceptors (Lipinski definition) is 4. The van der Waals surface area contributed by atoms with E-state index >= 15 is 0 Å². The van der Waals surface area contributed by atoms with Gasteiger partial charge in [0.2, 0.25) is 0 Å². The zero-order chi connectivity index (χ0) is 18.9. The van der Waals surface area contributed by atoms with E-state index in [-0.39, 0.29) is 0 Å². The second kappa shape index (κ2) is 15.1. The summed E-state index contributed by atoms with van der Waals surface area (Å²) in [5, 5.41) is 6.60. The van der Waals surface area contributed by atoms with Gasteiger partial charge in [0.15, 0.2) is 5.96 Å². The molecule has 0 radical (unpaired) electrons. The van der Waals surface area contributed by atoms with Crippen molar-refractivity contribution in [2.45, 2.75) is 19.8 Å². The highest BCUT2D eigenvalue weighted by Crippen LogP contribution is 2.12. The molecule has 0 bridgehead atoms. The molecule has 0 atom stereocenters. The summed E-state index contributed by atoms with van der Waals surface area (Å²) < 4.78 is 15.7. The van der Waals surface area contributed by atoms with E-state index in [2.05, 4.69) is 40.6 Å². The quantitative estimate of drug-likeness (QED) is 0.243.